The fraction of sp³-hybridized carbons (Fsp3) is 0.579. The maximum atomic E-state index is 13.6. The van der Waals surface area contributed by atoms with E-state index in [0.717, 1.165) is 6.07 Å². The molecule has 0 saturated heterocycles. The first-order chi connectivity index (χ1) is 13.0. The lowest BCUT2D eigenvalue weighted by Gasteiger charge is -2.26. The van der Waals surface area contributed by atoms with Gasteiger partial charge in [-0.2, -0.15) is 8.42 Å². The molecule has 0 aromatic heterocycles. The lowest BCUT2D eigenvalue weighted by Crippen LogP contribution is -2.47. The van der Waals surface area contributed by atoms with Crippen molar-refractivity contribution < 1.29 is 36.1 Å². The van der Waals surface area contributed by atoms with Crippen molar-refractivity contribution in [1.82, 2.24) is 5.32 Å². The summed E-state index contributed by atoms with van der Waals surface area (Å²) in [6.45, 7) is 9.98. The van der Waals surface area contributed by atoms with Crippen molar-refractivity contribution in [3.8, 4) is 5.75 Å². The van der Waals surface area contributed by atoms with Gasteiger partial charge in [0.15, 0.2) is 0 Å². The van der Waals surface area contributed by atoms with Gasteiger partial charge in [0, 0.05) is 6.42 Å². The second-order valence-corrected chi connectivity index (χ2v) is 9.67. The van der Waals surface area contributed by atoms with Gasteiger partial charge in [-0.1, -0.05) is 6.07 Å². The Hall–Kier alpha value is -2.36. The number of amides is 1. The van der Waals surface area contributed by atoms with Gasteiger partial charge in [-0.25, -0.2) is 9.59 Å². The van der Waals surface area contributed by atoms with Crippen LogP contribution in [0.4, 0.5) is 8.68 Å². The van der Waals surface area contributed by atoms with Crippen LogP contribution in [0.15, 0.2) is 23.1 Å². The molecule has 0 unspecified atom stereocenters. The van der Waals surface area contributed by atoms with Gasteiger partial charge in [0.1, 0.15) is 27.9 Å². The average Bonchev–Trinajstić information content (AvgIpc) is 2.49. The number of hydrogen-bond donors (Lipinski definition) is 1. The second-order valence-electron chi connectivity index (χ2n) is 8.36. The fourth-order valence-electron chi connectivity index (χ4n) is 2.29. The molecule has 1 amide bonds. The number of esters is 1. The predicted molar refractivity (Wildman–Crippen MR) is 104 cm³/mol. The Bertz CT molecular complexity index is 854. The summed E-state index contributed by atoms with van der Waals surface area (Å²) >= 11 is 0. The van der Waals surface area contributed by atoms with E-state index in [1.165, 1.54) is 19.2 Å². The van der Waals surface area contributed by atoms with Crippen LogP contribution in [0, 0.1) is 0 Å². The molecule has 1 rings (SSSR count). The van der Waals surface area contributed by atoms with Gasteiger partial charge in [-0.3, -0.25) is 0 Å². The molecule has 29 heavy (non-hydrogen) atoms. The topological polar surface area (TPSA) is 108 Å². The van der Waals surface area contributed by atoms with Crippen LogP contribution in [-0.2, 0) is 30.9 Å². The third-order valence-corrected chi connectivity index (χ3v) is 4.16. The van der Waals surface area contributed by atoms with Crippen LogP contribution in [0.1, 0.15) is 47.1 Å². The zero-order chi connectivity index (χ0) is 22.6. The standard InChI is InChI=1S/C19H28FNO7S/c1-18(2,3)27-16(22)13(21-17(23)28-19(4,5)6)10-12-8-9-14(26-7)15(11-12)29(20,24)25/h8-9,11,13H,10H2,1-7H3,(H,21,23)/t13-/m0/s1. The van der Waals surface area contributed by atoms with E-state index >= 15 is 0 Å². The number of nitrogens with one attached hydrogen (secondary N) is 1. The van der Waals surface area contributed by atoms with Crippen molar-refractivity contribution in [2.75, 3.05) is 7.11 Å². The number of carbonyl (C=O) groups is 2. The highest BCUT2D eigenvalue weighted by Crippen LogP contribution is 2.27. The van der Waals surface area contributed by atoms with Gasteiger partial charge in [0.25, 0.3) is 0 Å². The van der Waals surface area contributed by atoms with E-state index in [2.05, 4.69) is 5.32 Å². The molecule has 1 aromatic carbocycles. The van der Waals surface area contributed by atoms with Gasteiger partial charge in [0.2, 0.25) is 0 Å². The van der Waals surface area contributed by atoms with E-state index in [4.69, 9.17) is 14.2 Å². The van der Waals surface area contributed by atoms with E-state index in [0.29, 0.717) is 0 Å². The lowest BCUT2D eigenvalue weighted by molar-refractivity contribution is -0.157. The summed E-state index contributed by atoms with van der Waals surface area (Å²) in [5.74, 6) is -0.922. The van der Waals surface area contributed by atoms with E-state index < -0.39 is 44.4 Å². The minimum Gasteiger partial charge on any atom is -0.495 e. The summed E-state index contributed by atoms with van der Waals surface area (Å²) in [5.41, 5.74) is -1.34. The number of carbonyl (C=O) groups excluding carboxylic acids is 2. The fourth-order valence-corrected chi connectivity index (χ4v) is 2.97. The van der Waals surface area contributed by atoms with E-state index in [1.54, 1.807) is 41.5 Å². The van der Waals surface area contributed by atoms with Gasteiger partial charge < -0.3 is 19.5 Å². The Morgan fingerprint density at radius 2 is 1.62 bits per heavy atom. The molecule has 0 saturated carbocycles. The monoisotopic (exact) mass is 433 g/mol. The molecular weight excluding hydrogens is 405 g/mol. The third kappa shape index (κ3) is 8.68. The molecule has 164 valence electrons. The number of methoxy groups -OCH3 is 1. The quantitative estimate of drug-likeness (QED) is 0.542. The van der Waals surface area contributed by atoms with E-state index in [1.807, 2.05) is 0 Å². The number of benzene rings is 1. The predicted octanol–water partition coefficient (Wildman–Crippen LogP) is 3.13. The summed E-state index contributed by atoms with van der Waals surface area (Å²) in [6.07, 6.45) is -0.999. The number of hydrogen-bond acceptors (Lipinski definition) is 7. The first-order valence-electron chi connectivity index (χ1n) is 8.86. The SMILES string of the molecule is COc1ccc(C[C@H](NC(=O)OC(C)(C)C)C(=O)OC(C)(C)C)cc1S(=O)(=O)F. The summed E-state index contributed by atoms with van der Waals surface area (Å²) < 4.78 is 51.7. The first kappa shape index (κ1) is 24.7. The lowest BCUT2D eigenvalue weighted by atomic mass is 10.1. The Kier molecular flexibility index (Phi) is 7.64. The Morgan fingerprint density at radius 3 is 2.07 bits per heavy atom. The normalized spacial score (nSPS) is 13.4. The molecular formula is C19H28FNO7S. The molecule has 0 radical (unpaired) electrons. The minimum absolute atomic E-state index is 0.152. The van der Waals surface area contributed by atoms with Crippen LogP contribution in [0.3, 0.4) is 0 Å². The van der Waals surface area contributed by atoms with Crippen LogP contribution < -0.4 is 10.1 Å². The molecule has 0 aliphatic carbocycles. The van der Waals surface area contributed by atoms with Crippen molar-refractivity contribution in [3.63, 3.8) is 0 Å². The molecule has 0 fully saturated rings. The summed E-state index contributed by atoms with van der Waals surface area (Å²) in [6, 6.07) is 2.58. The number of rotatable bonds is 6. The van der Waals surface area contributed by atoms with Crippen LogP contribution in [0.25, 0.3) is 0 Å². The average molecular weight is 433 g/mol. The Balaban J connectivity index is 3.20. The first-order valence-corrected chi connectivity index (χ1v) is 10.2. The highest BCUT2D eigenvalue weighted by molar-refractivity contribution is 7.86. The molecule has 0 bridgehead atoms. The summed E-state index contributed by atoms with van der Waals surface area (Å²) in [5, 5.41) is 2.42. The Morgan fingerprint density at radius 1 is 1.07 bits per heavy atom. The summed E-state index contributed by atoms with van der Waals surface area (Å²) in [7, 11) is -3.85. The molecule has 1 N–H and O–H groups in total. The van der Waals surface area contributed by atoms with Gasteiger partial charge in [0.05, 0.1) is 7.11 Å². The van der Waals surface area contributed by atoms with Crippen LogP contribution in [-0.4, -0.2) is 44.8 Å². The zero-order valence-electron chi connectivity index (χ0n) is 17.7. The number of halogens is 1. The summed E-state index contributed by atoms with van der Waals surface area (Å²) in [4.78, 5) is 24.0. The van der Waals surface area contributed by atoms with Crippen LogP contribution >= 0.6 is 0 Å². The van der Waals surface area contributed by atoms with Crippen molar-refractivity contribution >= 4 is 22.3 Å². The van der Waals surface area contributed by atoms with E-state index in [9.17, 15) is 21.9 Å². The second kappa shape index (κ2) is 8.98. The van der Waals surface area contributed by atoms with Crippen molar-refractivity contribution in [3.05, 3.63) is 23.8 Å². The molecule has 0 heterocycles. The smallest absolute Gasteiger partial charge is 0.408 e. The van der Waals surface area contributed by atoms with Gasteiger partial charge in [-0.15, -0.1) is 3.89 Å². The molecule has 1 atom stereocenters. The van der Waals surface area contributed by atoms with Crippen LogP contribution in [0.2, 0.25) is 0 Å². The molecule has 8 nitrogen and oxygen atoms in total. The van der Waals surface area contributed by atoms with Gasteiger partial charge >= 0.3 is 22.3 Å². The van der Waals surface area contributed by atoms with Crippen LogP contribution in [0.5, 0.6) is 5.75 Å². The third-order valence-electron chi connectivity index (χ3n) is 3.31. The van der Waals surface area contributed by atoms with Gasteiger partial charge in [-0.05, 0) is 59.2 Å². The van der Waals surface area contributed by atoms with E-state index in [-0.39, 0.29) is 17.7 Å². The highest BCUT2D eigenvalue weighted by atomic mass is 32.3. The maximum Gasteiger partial charge on any atom is 0.408 e. The number of alkyl carbamates (subject to hydrolysis) is 1. The number of ether oxygens (including phenoxy) is 3. The van der Waals surface area contributed by atoms with Crippen molar-refractivity contribution in [2.45, 2.75) is 70.1 Å². The molecule has 0 aliphatic heterocycles. The van der Waals surface area contributed by atoms with Crippen molar-refractivity contribution in [1.29, 1.82) is 0 Å². The molecule has 10 heteroatoms. The highest BCUT2D eigenvalue weighted by Gasteiger charge is 2.30. The Labute approximate surface area is 170 Å². The van der Waals surface area contributed by atoms with Crippen molar-refractivity contribution in [2.24, 2.45) is 0 Å². The maximum absolute atomic E-state index is 13.6. The largest absolute Gasteiger partial charge is 0.495 e. The molecule has 1 aromatic rings. The molecule has 0 spiro atoms. The molecule has 0 aliphatic rings. The minimum atomic E-state index is -5.05. The zero-order valence-corrected chi connectivity index (χ0v) is 18.5.